The molecular formula is C17H23ClN2O4. The molecule has 7 heteroatoms. The second-order valence-electron chi connectivity index (χ2n) is 6.01. The largest absolute Gasteiger partial charge is 0.481 e. The first-order chi connectivity index (χ1) is 11.5. The van der Waals surface area contributed by atoms with Crippen molar-refractivity contribution in [1.29, 1.82) is 0 Å². The van der Waals surface area contributed by atoms with E-state index in [0.29, 0.717) is 37.6 Å². The number of carbonyl (C=O) groups is 2. The summed E-state index contributed by atoms with van der Waals surface area (Å²) in [4.78, 5) is 25.0. The van der Waals surface area contributed by atoms with Crippen LogP contribution in [0.3, 0.4) is 0 Å². The van der Waals surface area contributed by atoms with E-state index in [1.807, 2.05) is 24.3 Å². The van der Waals surface area contributed by atoms with Gasteiger partial charge in [0.15, 0.2) is 0 Å². The molecule has 1 aromatic rings. The lowest BCUT2D eigenvalue weighted by Crippen LogP contribution is -2.48. The van der Waals surface area contributed by atoms with Gasteiger partial charge in [0.25, 0.3) is 0 Å². The van der Waals surface area contributed by atoms with Gasteiger partial charge >= 0.3 is 12.0 Å². The van der Waals surface area contributed by atoms with E-state index in [9.17, 15) is 9.59 Å². The molecule has 2 amide bonds. The number of methoxy groups -OCH3 is 1. The lowest BCUT2D eigenvalue weighted by Gasteiger charge is -2.31. The molecule has 6 nitrogen and oxygen atoms in total. The number of benzene rings is 1. The predicted molar refractivity (Wildman–Crippen MR) is 91.4 cm³/mol. The van der Waals surface area contributed by atoms with E-state index in [4.69, 9.17) is 21.4 Å². The van der Waals surface area contributed by atoms with Crippen LogP contribution in [-0.2, 0) is 9.53 Å². The summed E-state index contributed by atoms with van der Waals surface area (Å²) in [6.07, 6.45) is 1.33. The number of carboxylic acid groups (broad SMARTS) is 1. The minimum Gasteiger partial charge on any atom is -0.481 e. The molecule has 0 spiro atoms. The Balaban J connectivity index is 1.92. The van der Waals surface area contributed by atoms with Gasteiger partial charge in [0.1, 0.15) is 0 Å². The highest BCUT2D eigenvalue weighted by Gasteiger charge is 2.28. The molecule has 2 N–H and O–H groups in total. The van der Waals surface area contributed by atoms with Crippen molar-refractivity contribution in [3.8, 4) is 0 Å². The number of rotatable bonds is 6. The summed E-state index contributed by atoms with van der Waals surface area (Å²) < 4.78 is 5.24. The summed E-state index contributed by atoms with van der Waals surface area (Å²) in [6.45, 7) is 1.74. The monoisotopic (exact) mass is 354 g/mol. The van der Waals surface area contributed by atoms with E-state index in [1.165, 1.54) is 0 Å². The van der Waals surface area contributed by atoms with Crippen molar-refractivity contribution in [3.05, 3.63) is 34.9 Å². The van der Waals surface area contributed by atoms with Crippen LogP contribution in [0.5, 0.6) is 0 Å². The van der Waals surface area contributed by atoms with Gasteiger partial charge in [-0.05, 0) is 30.5 Å². The molecule has 24 heavy (non-hydrogen) atoms. The van der Waals surface area contributed by atoms with Crippen molar-refractivity contribution in [3.63, 3.8) is 0 Å². The van der Waals surface area contributed by atoms with Gasteiger partial charge in [-0.1, -0.05) is 23.7 Å². The molecule has 1 aliphatic heterocycles. The van der Waals surface area contributed by atoms with Crippen molar-refractivity contribution < 1.29 is 19.4 Å². The van der Waals surface area contributed by atoms with Crippen LogP contribution in [-0.4, -0.2) is 55.4 Å². The highest BCUT2D eigenvalue weighted by molar-refractivity contribution is 6.30. The van der Waals surface area contributed by atoms with Gasteiger partial charge in [-0.2, -0.15) is 0 Å². The Labute approximate surface area is 146 Å². The Morgan fingerprint density at radius 3 is 2.75 bits per heavy atom. The quantitative estimate of drug-likeness (QED) is 0.823. The average Bonchev–Trinajstić information content (AvgIpc) is 2.59. The van der Waals surface area contributed by atoms with E-state index >= 15 is 0 Å². The van der Waals surface area contributed by atoms with Crippen molar-refractivity contribution in [2.75, 3.05) is 33.4 Å². The Morgan fingerprint density at radius 1 is 1.42 bits per heavy atom. The summed E-state index contributed by atoms with van der Waals surface area (Å²) >= 11 is 5.91. The van der Waals surface area contributed by atoms with Gasteiger partial charge in [-0.3, -0.25) is 4.79 Å². The Morgan fingerprint density at radius 2 is 2.12 bits per heavy atom. The lowest BCUT2D eigenvalue weighted by atomic mass is 9.98. The Hall–Kier alpha value is -1.79. The van der Waals surface area contributed by atoms with Crippen molar-refractivity contribution in [2.24, 2.45) is 5.92 Å². The molecule has 2 unspecified atom stereocenters. The zero-order chi connectivity index (χ0) is 17.5. The maximum Gasteiger partial charge on any atom is 0.317 e. The molecule has 2 atom stereocenters. The summed E-state index contributed by atoms with van der Waals surface area (Å²) in [5.74, 6) is -1.31. The average molecular weight is 355 g/mol. The van der Waals surface area contributed by atoms with Gasteiger partial charge in [-0.15, -0.1) is 0 Å². The maximum absolute atomic E-state index is 12.3. The van der Waals surface area contributed by atoms with E-state index in [-0.39, 0.29) is 18.5 Å². The smallest absolute Gasteiger partial charge is 0.317 e. The number of nitrogens with one attached hydrogen (secondary N) is 1. The predicted octanol–water partition coefficient (Wildman–Crippen LogP) is 2.58. The van der Waals surface area contributed by atoms with Crippen LogP contribution in [0.25, 0.3) is 0 Å². The molecule has 0 aliphatic carbocycles. The second-order valence-corrected chi connectivity index (χ2v) is 6.45. The fraction of sp³-hybridized carbons (Fsp3) is 0.529. The molecule has 0 bridgehead atoms. The molecule has 1 aliphatic rings. The normalized spacial score (nSPS) is 18.9. The van der Waals surface area contributed by atoms with Crippen LogP contribution in [0.1, 0.15) is 24.3 Å². The number of ether oxygens (including phenoxy) is 1. The van der Waals surface area contributed by atoms with E-state index in [1.54, 1.807) is 12.0 Å². The molecule has 1 heterocycles. The number of carboxylic acids is 1. The summed E-state index contributed by atoms with van der Waals surface area (Å²) in [6, 6.07) is 7.22. The number of piperidine rings is 1. The molecule has 0 saturated carbocycles. The third-order valence-corrected chi connectivity index (χ3v) is 4.52. The van der Waals surface area contributed by atoms with E-state index < -0.39 is 11.9 Å². The molecular weight excluding hydrogens is 332 g/mol. The molecule has 0 aromatic heterocycles. The van der Waals surface area contributed by atoms with Crippen LogP contribution in [0.15, 0.2) is 24.3 Å². The minimum atomic E-state index is -0.842. The molecule has 1 fully saturated rings. The SMILES string of the molecule is COCC(CNC(=O)N1CCCC(C(=O)O)C1)c1ccc(Cl)cc1. The highest BCUT2D eigenvalue weighted by Crippen LogP contribution is 2.19. The third-order valence-electron chi connectivity index (χ3n) is 4.27. The summed E-state index contributed by atoms with van der Waals surface area (Å²) in [7, 11) is 1.62. The van der Waals surface area contributed by atoms with Gasteiger partial charge in [0, 0.05) is 37.7 Å². The number of carbonyl (C=O) groups excluding carboxylic acids is 1. The summed E-state index contributed by atoms with van der Waals surface area (Å²) in [5.41, 5.74) is 1.03. The number of nitrogens with zero attached hydrogens (tertiary/aromatic N) is 1. The number of halogens is 1. The molecule has 1 saturated heterocycles. The van der Waals surface area contributed by atoms with Crippen LogP contribution in [0.4, 0.5) is 4.79 Å². The van der Waals surface area contributed by atoms with Crippen LogP contribution in [0, 0.1) is 5.92 Å². The van der Waals surface area contributed by atoms with Crippen molar-refractivity contribution in [2.45, 2.75) is 18.8 Å². The van der Waals surface area contributed by atoms with Gasteiger partial charge in [0.2, 0.25) is 0 Å². The number of hydrogen-bond donors (Lipinski definition) is 2. The number of likely N-dealkylation sites (tertiary alicyclic amines) is 1. The van der Waals surface area contributed by atoms with Crippen LogP contribution in [0.2, 0.25) is 5.02 Å². The first-order valence-electron chi connectivity index (χ1n) is 8.01. The fourth-order valence-corrected chi connectivity index (χ4v) is 3.02. The van der Waals surface area contributed by atoms with Crippen molar-refractivity contribution >= 4 is 23.6 Å². The van der Waals surface area contributed by atoms with Gasteiger partial charge < -0.3 is 20.1 Å². The van der Waals surface area contributed by atoms with Crippen LogP contribution >= 0.6 is 11.6 Å². The molecule has 132 valence electrons. The number of amides is 2. The second kappa shape index (κ2) is 8.89. The van der Waals surface area contributed by atoms with Crippen molar-refractivity contribution in [1.82, 2.24) is 10.2 Å². The summed E-state index contributed by atoms with van der Waals surface area (Å²) in [5, 5.41) is 12.7. The lowest BCUT2D eigenvalue weighted by molar-refractivity contribution is -0.143. The fourth-order valence-electron chi connectivity index (χ4n) is 2.89. The van der Waals surface area contributed by atoms with E-state index in [2.05, 4.69) is 5.32 Å². The standard InChI is InChI=1S/C17H23ClN2O4/c1-24-11-14(12-4-6-15(18)7-5-12)9-19-17(23)20-8-2-3-13(10-20)16(21)22/h4-7,13-14H,2-3,8-11H2,1H3,(H,19,23)(H,21,22). The highest BCUT2D eigenvalue weighted by atomic mass is 35.5. The molecule has 0 radical (unpaired) electrons. The molecule has 1 aromatic carbocycles. The van der Waals surface area contributed by atoms with Crippen LogP contribution < -0.4 is 5.32 Å². The maximum atomic E-state index is 12.3. The minimum absolute atomic E-state index is 0.0104. The first-order valence-corrected chi connectivity index (χ1v) is 8.39. The number of hydrogen-bond acceptors (Lipinski definition) is 3. The Kier molecular flexibility index (Phi) is 6.87. The zero-order valence-corrected chi connectivity index (χ0v) is 14.5. The van der Waals surface area contributed by atoms with E-state index in [0.717, 1.165) is 5.56 Å². The Bertz CT molecular complexity index is 564. The number of aliphatic carboxylic acids is 1. The third kappa shape index (κ3) is 5.11. The number of urea groups is 1. The van der Waals surface area contributed by atoms with Gasteiger partial charge in [0.05, 0.1) is 12.5 Å². The first kappa shape index (κ1) is 18.5. The topological polar surface area (TPSA) is 78.9 Å². The molecule has 2 rings (SSSR count). The zero-order valence-electron chi connectivity index (χ0n) is 13.7. The van der Waals surface area contributed by atoms with Gasteiger partial charge in [-0.25, -0.2) is 4.79 Å².